The molecule has 5 nitrogen and oxygen atoms in total. The summed E-state index contributed by atoms with van der Waals surface area (Å²) in [5.41, 5.74) is 2.35. The number of morpholine rings is 1. The van der Waals surface area contributed by atoms with Crippen LogP contribution in [0, 0.1) is 6.92 Å². The van der Waals surface area contributed by atoms with Gasteiger partial charge < -0.3 is 15.4 Å². The van der Waals surface area contributed by atoms with Crippen molar-refractivity contribution in [2.75, 3.05) is 39.8 Å². The van der Waals surface area contributed by atoms with Gasteiger partial charge in [-0.25, -0.2) is 0 Å². The minimum atomic E-state index is 0.0434. The minimum Gasteiger partial charge on any atom is -0.374 e. The first kappa shape index (κ1) is 15.9. The van der Waals surface area contributed by atoms with Crippen molar-refractivity contribution in [2.45, 2.75) is 19.6 Å². The van der Waals surface area contributed by atoms with Crippen LogP contribution in [0.4, 0.5) is 0 Å². The fourth-order valence-corrected chi connectivity index (χ4v) is 2.36. The summed E-state index contributed by atoms with van der Waals surface area (Å²) in [6.45, 7) is 6.31. The molecule has 0 bridgehead atoms. The van der Waals surface area contributed by atoms with E-state index < -0.39 is 0 Å². The summed E-state index contributed by atoms with van der Waals surface area (Å²) in [4.78, 5) is 13.9. The lowest BCUT2D eigenvalue weighted by molar-refractivity contribution is -0.122. The van der Waals surface area contributed by atoms with E-state index in [2.05, 4.69) is 29.7 Å². The third-order valence-electron chi connectivity index (χ3n) is 3.54. The molecule has 1 atom stereocenters. The second-order valence-corrected chi connectivity index (χ2v) is 5.66. The molecule has 1 saturated heterocycles. The molecule has 1 aliphatic rings. The van der Waals surface area contributed by atoms with Crippen molar-refractivity contribution in [1.82, 2.24) is 15.5 Å². The lowest BCUT2D eigenvalue weighted by atomic mass is 10.1. The lowest BCUT2D eigenvalue weighted by Crippen LogP contribution is -2.46. The van der Waals surface area contributed by atoms with Crippen molar-refractivity contribution < 1.29 is 9.53 Å². The molecule has 1 fully saturated rings. The zero-order valence-corrected chi connectivity index (χ0v) is 12.9. The first-order chi connectivity index (χ1) is 10.1. The third-order valence-corrected chi connectivity index (χ3v) is 3.54. The van der Waals surface area contributed by atoms with E-state index >= 15 is 0 Å². The van der Waals surface area contributed by atoms with Gasteiger partial charge in [-0.3, -0.25) is 9.69 Å². The Balaban J connectivity index is 1.67. The van der Waals surface area contributed by atoms with Gasteiger partial charge in [0.25, 0.3) is 0 Å². The Bertz CT molecular complexity index is 441. The van der Waals surface area contributed by atoms with E-state index in [0.29, 0.717) is 13.1 Å². The Morgan fingerprint density at radius 3 is 2.86 bits per heavy atom. The Labute approximate surface area is 126 Å². The Hall–Kier alpha value is -1.43. The van der Waals surface area contributed by atoms with Gasteiger partial charge in [0.05, 0.1) is 19.3 Å². The van der Waals surface area contributed by atoms with E-state index in [1.54, 1.807) is 0 Å². The van der Waals surface area contributed by atoms with Crippen molar-refractivity contribution in [3.05, 3.63) is 35.4 Å². The molecule has 5 heteroatoms. The molecule has 0 spiro atoms. The molecule has 0 aliphatic carbocycles. The van der Waals surface area contributed by atoms with Crippen LogP contribution in [-0.4, -0.2) is 56.7 Å². The summed E-state index contributed by atoms with van der Waals surface area (Å²) >= 11 is 0. The summed E-state index contributed by atoms with van der Waals surface area (Å²) in [7, 11) is 1.95. The van der Waals surface area contributed by atoms with Gasteiger partial charge >= 0.3 is 0 Å². The van der Waals surface area contributed by atoms with Crippen LogP contribution in [0.3, 0.4) is 0 Å². The largest absolute Gasteiger partial charge is 0.374 e. The monoisotopic (exact) mass is 291 g/mol. The molecule has 1 aromatic carbocycles. The Morgan fingerprint density at radius 1 is 1.43 bits per heavy atom. The molecule has 0 aromatic heterocycles. The summed E-state index contributed by atoms with van der Waals surface area (Å²) in [5.74, 6) is 0.0434. The van der Waals surface area contributed by atoms with Gasteiger partial charge in [0.1, 0.15) is 0 Å². The quantitative estimate of drug-likeness (QED) is 0.803. The van der Waals surface area contributed by atoms with Crippen molar-refractivity contribution in [3.8, 4) is 0 Å². The highest BCUT2D eigenvalue weighted by molar-refractivity contribution is 5.77. The van der Waals surface area contributed by atoms with Crippen LogP contribution in [0.2, 0.25) is 0 Å². The van der Waals surface area contributed by atoms with Crippen molar-refractivity contribution >= 4 is 5.91 Å². The second kappa shape index (κ2) is 8.12. The zero-order chi connectivity index (χ0) is 15.1. The number of ether oxygens (including phenoxy) is 1. The molecule has 1 unspecified atom stereocenters. The highest BCUT2D eigenvalue weighted by atomic mass is 16.5. The van der Waals surface area contributed by atoms with Crippen LogP contribution >= 0.6 is 0 Å². The van der Waals surface area contributed by atoms with E-state index in [9.17, 15) is 4.79 Å². The fraction of sp³-hybridized carbons (Fsp3) is 0.562. The molecule has 116 valence electrons. The molecular weight excluding hydrogens is 266 g/mol. The number of amides is 1. The van der Waals surface area contributed by atoms with E-state index in [4.69, 9.17) is 4.74 Å². The maximum atomic E-state index is 11.9. The van der Waals surface area contributed by atoms with Crippen molar-refractivity contribution in [3.63, 3.8) is 0 Å². The molecular formula is C16H25N3O2. The lowest BCUT2D eigenvalue weighted by Gasteiger charge is -2.27. The number of aryl methyl sites for hydroxylation is 1. The molecule has 21 heavy (non-hydrogen) atoms. The van der Waals surface area contributed by atoms with E-state index in [0.717, 1.165) is 31.8 Å². The number of rotatable bonds is 6. The maximum Gasteiger partial charge on any atom is 0.234 e. The van der Waals surface area contributed by atoms with Crippen LogP contribution in [0.5, 0.6) is 0 Å². The predicted octanol–water partition coefficient (Wildman–Crippen LogP) is 0.531. The number of nitrogens with zero attached hydrogens (tertiary/aromatic N) is 1. The summed E-state index contributed by atoms with van der Waals surface area (Å²) < 4.78 is 5.63. The molecule has 2 N–H and O–H groups in total. The van der Waals surface area contributed by atoms with E-state index in [-0.39, 0.29) is 12.0 Å². The van der Waals surface area contributed by atoms with Crippen LogP contribution < -0.4 is 10.6 Å². The normalized spacial score (nSPS) is 18.7. The summed E-state index contributed by atoms with van der Waals surface area (Å²) in [6, 6.07) is 8.20. The number of carbonyl (C=O) groups excluding carboxylic acids is 1. The smallest absolute Gasteiger partial charge is 0.234 e. The number of likely N-dealkylation sites (N-methyl/N-ethyl adjacent to an activating group) is 1. The SMILES string of the molecule is Cc1ccc(CNC(=O)CN(C)CC2CNCCO2)cc1. The van der Waals surface area contributed by atoms with E-state index in [1.165, 1.54) is 5.56 Å². The first-order valence-electron chi connectivity index (χ1n) is 7.46. The van der Waals surface area contributed by atoms with Crippen LogP contribution in [0.25, 0.3) is 0 Å². The number of nitrogens with one attached hydrogen (secondary N) is 2. The fourth-order valence-electron chi connectivity index (χ4n) is 2.36. The average Bonchev–Trinajstić information content (AvgIpc) is 2.47. The van der Waals surface area contributed by atoms with Gasteiger partial charge in [0, 0.05) is 26.2 Å². The Kier molecular flexibility index (Phi) is 6.17. The van der Waals surface area contributed by atoms with Gasteiger partial charge in [-0.1, -0.05) is 29.8 Å². The number of benzene rings is 1. The molecule has 2 rings (SSSR count). The molecule has 0 radical (unpaired) electrons. The average molecular weight is 291 g/mol. The standard InChI is InChI=1S/C16H25N3O2/c1-13-3-5-14(6-4-13)9-18-16(20)12-19(2)11-15-10-17-7-8-21-15/h3-6,15,17H,7-12H2,1-2H3,(H,18,20). The van der Waals surface area contributed by atoms with Crippen LogP contribution in [-0.2, 0) is 16.1 Å². The van der Waals surface area contributed by atoms with Gasteiger partial charge in [0.15, 0.2) is 0 Å². The van der Waals surface area contributed by atoms with E-state index in [1.807, 2.05) is 24.1 Å². The summed E-state index contributed by atoms with van der Waals surface area (Å²) in [6.07, 6.45) is 0.175. The predicted molar refractivity (Wildman–Crippen MR) is 83.1 cm³/mol. The molecule has 1 aromatic rings. The highest BCUT2D eigenvalue weighted by Gasteiger charge is 2.16. The highest BCUT2D eigenvalue weighted by Crippen LogP contribution is 2.02. The second-order valence-electron chi connectivity index (χ2n) is 5.66. The Morgan fingerprint density at radius 2 is 2.19 bits per heavy atom. The zero-order valence-electron chi connectivity index (χ0n) is 12.9. The van der Waals surface area contributed by atoms with Gasteiger partial charge in [-0.05, 0) is 19.5 Å². The maximum absolute atomic E-state index is 11.9. The topological polar surface area (TPSA) is 53.6 Å². The minimum absolute atomic E-state index is 0.0434. The molecule has 1 aliphatic heterocycles. The summed E-state index contributed by atoms with van der Waals surface area (Å²) in [5, 5.41) is 6.24. The first-order valence-corrected chi connectivity index (χ1v) is 7.46. The molecule has 0 saturated carbocycles. The molecule has 1 heterocycles. The number of hydrogen-bond acceptors (Lipinski definition) is 4. The van der Waals surface area contributed by atoms with Crippen LogP contribution in [0.15, 0.2) is 24.3 Å². The van der Waals surface area contributed by atoms with Crippen molar-refractivity contribution in [2.24, 2.45) is 0 Å². The third kappa shape index (κ3) is 5.83. The molecule has 1 amide bonds. The van der Waals surface area contributed by atoms with Gasteiger partial charge in [-0.15, -0.1) is 0 Å². The van der Waals surface area contributed by atoms with Gasteiger partial charge in [-0.2, -0.15) is 0 Å². The number of carbonyl (C=O) groups is 1. The van der Waals surface area contributed by atoms with Gasteiger partial charge in [0.2, 0.25) is 5.91 Å². The van der Waals surface area contributed by atoms with Crippen LogP contribution in [0.1, 0.15) is 11.1 Å². The number of hydrogen-bond donors (Lipinski definition) is 2. The van der Waals surface area contributed by atoms with Crippen molar-refractivity contribution in [1.29, 1.82) is 0 Å².